The van der Waals surface area contributed by atoms with Gasteiger partial charge < -0.3 is 44.8 Å². The monoisotopic (exact) mass is 310 g/mol. The molecular weight excluding hydrogens is 288 g/mol. The van der Waals surface area contributed by atoms with E-state index >= 15 is 0 Å². The number of rotatable bonds is 2. The summed E-state index contributed by atoms with van der Waals surface area (Å²) in [4.78, 5) is 0. The average molecular weight is 310 g/mol. The molecule has 2 aliphatic rings. The van der Waals surface area contributed by atoms with Crippen molar-refractivity contribution in [1.82, 2.24) is 0 Å². The standard InChI is InChI=1S/C12H22O9/c1-3-5(13)7(15)8(16)12(20-3)21-10-6(14)4(2)19-11(18)9(10)17/h3-18H,1-2H3/t3-,4-,5+,6+,7+,8-,9-,10+,11+,12-/m0/s1. The van der Waals surface area contributed by atoms with Crippen LogP contribution in [0.3, 0.4) is 0 Å². The molecule has 0 saturated carbocycles. The van der Waals surface area contributed by atoms with Crippen molar-refractivity contribution < 1.29 is 44.8 Å². The van der Waals surface area contributed by atoms with Gasteiger partial charge in [0.1, 0.15) is 36.6 Å². The van der Waals surface area contributed by atoms with Crippen molar-refractivity contribution in [1.29, 1.82) is 0 Å². The van der Waals surface area contributed by atoms with Crippen LogP contribution in [-0.2, 0) is 14.2 Å². The van der Waals surface area contributed by atoms with Crippen molar-refractivity contribution in [2.45, 2.75) is 75.3 Å². The van der Waals surface area contributed by atoms with Crippen LogP contribution in [0.5, 0.6) is 0 Å². The molecule has 2 rings (SSSR count). The van der Waals surface area contributed by atoms with Crippen LogP contribution < -0.4 is 0 Å². The van der Waals surface area contributed by atoms with Crippen LogP contribution >= 0.6 is 0 Å². The summed E-state index contributed by atoms with van der Waals surface area (Å²) in [5, 5.41) is 58.4. The minimum atomic E-state index is -1.56. The summed E-state index contributed by atoms with van der Waals surface area (Å²) in [5.41, 5.74) is 0. The van der Waals surface area contributed by atoms with Crippen LogP contribution in [-0.4, -0.2) is 92.1 Å². The van der Waals surface area contributed by atoms with Gasteiger partial charge in [0.25, 0.3) is 0 Å². The van der Waals surface area contributed by atoms with Gasteiger partial charge in [-0.1, -0.05) is 0 Å². The Bertz CT molecular complexity index is 340. The Kier molecular flexibility index (Phi) is 5.19. The van der Waals surface area contributed by atoms with Gasteiger partial charge in [0.15, 0.2) is 12.6 Å². The molecule has 0 aliphatic carbocycles. The second-order valence-electron chi connectivity index (χ2n) is 5.50. The highest BCUT2D eigenvalue weighted by Crippen LogP contribution is 2.28. The van der Waals surface area contributed by atoms with Crippen LogP contribution in [0.4, 0.5) is 0 Å². The van der Waals surface area contributed by atoms with Crippen molar-refractivity contribution in [2.24, 2.45) is 0 Å². The first-order valence-electron chi connectivity index (χ1n) is 6.78. The quantitative estimate of drug-likeness (QED) is 0.308. The number of ether oxygens (including phenoxy) is 3. The Balaban J connectivity index is 2.08. The second-order valence-corrected chi connectivity index (χ2v) is 5.50. The Labute approximate surface area is 121 Å². The molecule has 124 valence electrons. The van der Waals surface area contributed by atoms with Crippen LogP contribution in [0.15, 0.2) is 0 Å². The molecule has 2 saturated heterocycles. The summed E-state index contributed by atoms with van der Waals surface area (Å²) in [6, 6.07) is 0. The molecule has 9 nitrogen and oxygen atoms in total. The molecule has 0 aromatic heterocycles. The normalized spacial score (nSPS) is 55.4. The van der Waals surface area contributed by atoms with Crippen LogP contribution in [0.1, 0.15) is 13.8 Å². The van der Waals surface area contributed by atoms with Gasteiger partial charge in [-0.25, -0.2) is 0 Å². The van der Waals surface area contributed by atoms with Crippen molar-refractivity contribution >= 4 is 0 Å². The lowest BCUT2D eigenvalue weighted by Gasteiger charge is -2.44. The number of hydrogen-bond donors (Lipinski definition) is 6. The Morgan fingerprint density at radius 2 is 1.24 bits per heavy atom. The highest BCUT2D eigenvalue weighted by molar-refractivity contribution is 4.92. The van der Waals surface area contributed by atoms with Crippen molar-refractivity contribution in [3.8, 4) is 0 Å². The van der Waals surface area contributed by atoms with E-state index in [0.717, 1.165) is 0 Å². The van der Waals surface area contributed by atoms with Gasteiger partial charge in [0.2, 0.25) is 0 Å². The zero-order valence-corrected chi connectivity index (χ0v) is 11.7. The first kappa shape index (κ1) is 17.0. The maximum Gasteiger partial charge on any atom is 0.187 e. The lowest BCUT2D eigenvalue weighted by Crippen LogP contribution is -2.63. The molecule has 10 atom stereocenters. The van der Waals surface area contributed by atoms with Gasteiger partial charge in [0, 0.05) is 0 Å². The summed E-state index contributed by atoms with van der Waals surface area (Å²) < 4.78 is 15.4. The molecule has 0 unspecified atom stereocenters. The molecule has 21 heavy (non-hydrogen) atoms. The van der Waals surface area contributed by atoms with Crippen LogP contribution in [0, 0.1) is 0 Å². The fourth-order valence-corrected chi connectivity index (χ4v) is 2.45. The topological polar surface area (TPSA) is 149 Å². The molecule has 0 radical (unpaired) electrons. The molecule has 9 heteroatoms. The van der Waals surface area contributed by atoms with Crippen molar-refractivity contribution in [2.75, 3.05) is 0 Å². The highest BCUT2D eigenvalue weighted by atomic mass is 16.7. The lowest BCUT2D eigenvalue weighted by molar-refractivity contribution is -0.349. The average Bonchev–Trinajstić information content (AvgIpc) is 2.44. The summed E-state index contributed by atoms with van der Waals surface area (Å²) >= 11 is 0. The van der Waals surface area contributed by atoms with Crippen LogP contribution in [0.25, 0.3) is 0 Å². The third-order valence-corrected chi connectivity index (χ3v) is 3.90. The third-order valence-electron chi connectivity index (χ3n) is 3.90. The second kappa shape index (κ2) is 6.41. The van der Waals surface area contributed by atoms with Crippen molar-refractivity contribution in [3.05, 3.63) is 0 Å². The van der Waals surface area contributed by atoms with E-state index in [2.05, 4.69) is 0 Å². The number of hydrogen-bond acceptors (Lipinski definition) is 9. The Morgan fingerprint density at radius 1 is 0.667 bits per heavy atom. The fraction of sp³-hybridized carbons (Fsp3) is 1.00. The maximum atomic E-state index is 9.96. The van der Waals surface area contributed by atoms with E-state index in [1.54, 1.807) is 0 Å². The fourth-order valence-electron chi connectivity index (χ4n) is 2.45. The Hall–Kier alpha value is -0.360. The van der Waals surface area contributed by atoms with Gasteiger partial charge >= 0.3 is 0 Å². The smallest absolute Gasteiger partial charge is 0.187 e. The van der Waals surface area contributed by atoms with Gasteiger partial charge in [0.05, 0.1) is 12.2 Å². The zero-order valence-electron chi connectivity index (χ0n) is 11.7. The molecule has 2 aliphatic heterocycles. The summed E-state index contributed by atoms with van der Waals surface area (Å²) in [7, 11) is 0. The number of aliphatic hydroxyl groups excluding tert-OH is 6. The van der Waals surface area contributed by atoms with Gasteiger partial charge in [-0.2, -0.15) is 0 Å². The van der Waals surface area contributed by atoms with Gasteiger partial charge in [-0.3, -0.25) is 0 Å². The first-order valence-corrected chi connectivity index (χ1v) is 6.78. The van der Waals surface area contributed by atoms with Crippen LogP contribution in [0.2, 0.25) is 0 Å². The third kappa shape index (κ3) is 3.21. The molecular formula is C12H22O9. The summed E-state index contributed by atoms with van der Waals surface area (Å²) in [5.74, 6) is 0. The minimum absolute atomic E-state index is 0.804. The van der Waals surface area contributed by atoms with E-state index in [0.29, 0.717) is 0 Å². The van der Waals surface area contributed by atoms with Crippen molar-refractivity contribution in [3.63, 3.8) is 0 Å². The predicted molar refractivity (Wildman–Crippen MR) is 65.8 cm³/mol. The van der Waals surface area contributed by atoms with Gasteiger partial charge in [-0.15, -0.1) is 0 Å². The first-order chi connectivity index (χ1) is 9.73. The zero-order chi connectivity index (χ0) is 15.9. The molecule has 0 spiro atoms. The maximum absolute atomic E-state index is 9.96. The molecule has 0 bridgehead atoms. The summed E-state index contributed by atoms with van der Waals surface area (Å²) in [6.45, 7) is 2.96. The molecule has 2 fully saturated rings. The van der Waals surface area contributed by atoms with E-state index in [-0.39, 0.29) is 0 Å². The largest absolute Gasteiger partial charge is 0.388 e. The van der Waals surface area contributed by atoms with E-state index in [1.807, 2.05) is 0 Å². The van der Waals surface area contributed by atoms with E-state index in [9.17, 15) is 30.6 Å². The molecule has 0 aromatic rings. The van der Waals surface area contributed by atoms with Gasteiger partial charge in [-0.05, 0) is 13.8 Å². The SMILES string of the molecule is C[C@@H]1O[C@@H](O[C@@H]2[C@H](O)[C@H](C)O[C@@H](O)[C@H]2O)[C@@H](O)[C@H](O)[C@@H]1O. The van der Waals surface area contributed by atoms with E-state index in [4.69, 9.17) is 14.2 Å². The van der Waals surface area contributed by atoms with E-state index in [1.165, 1.54) is 13.8 Å². The molecule has 2 heterocycles. The Morgan fingerprint density at radius 3 is 1.86 bits per heavy atom. The highest BCUT2D eigenvalue weighted by Gasteiger charge is 2.48. The predicted octanol–water partition coefficient (Wildman–Crippen LogP) is -3.34. The molecule has 0 aromatic carbocycles. The number of aliphatic hydroxyl groups is 6. The molecule has 0 amide bonds. The van der Waals surface area contributed by atoms with E-state index < -0.39 is 61.4 Å². The molecule has 6 N–H and O–H groups in total. The minimum Gasteiger partial charge on any atom is -0.388 e. The summed E-state index contributed by atoms with van der Waals surface area (Å²) in [6.07, 6.45) is -13.0. The lowest BCUT2D eigenvalue weighted by atomic mass is 9.97.